The van der Waals surface area contributed by atoms with Crippen LogP contribution in [-0.2, 0) is 0 Å². The number of aromatic nitrogens is 2. The fourth-order valence-corrected chi connectivity index (χ4v) is 1.36. The highest BCUT2D eigenvalue weighted by atomic mass is 16.5. The first-order chi connectivity index (χ1) is 7.83. The van der Waals surface area contributed by atoms with Gasteiger partial charge in [-0.25, -0.2) is 0 Å². The van der Waals surface area contributed by atoms with Crippen LogP contribution >= 0.6 is 0 Å². The first-order valence-electron chi connectivity index (χ1n) is 4.84. The Morgan fingerprint density at radius 2 is 1.24 bits per heavy atom. The van der Waals surface area contributed by atoms with Crippen LogP contribution in [0, 0.1) is 0 Å². The first-order valence-corrected chi connectivity index (χ1v) is 4.84. The standard InChI is InChI=1S/C12H12N2O2.H2O/c1-15-9-3-5-13-11(7-9)12-8-10(16-2)4-6-14-12;/h3-8H,1-2H3;1H2. The topological polar surface area (TPSA) is 75.7 Å². The van der Waals surface area contributed by atoms with E-state index in [0.29, 0.717) is 0 Å². The second-order valence-corrected chi connectivity index (χ2v) is 3.16. The third-order valence-electron chi connectivity index (χ3n) is 2.20. The second-order valence-electron chi connectivity index (χ2n) is 3.16. The van der Waals surface area contributed by atoms with Crippen molar-refractivity contribution in [1.82, 2.24) is 9.97 Å². The summed E-state index contributed by atoms with van der Waals surface area (Å²) in [7, 11) is 3.25. The number of ether oxygens (including phenoxy) is 2. The van der Waals surface area contributed by atoms with E-state index in [0.717, 1.165) is 22.9 Å². The molecular formula is C12H14N2O3. The summed E-state index contributed by atoms with van der Waals surface area (Å²) in [6, 6.07) is 7.26. The van der Waals surface area contributed by atoms with E-state index in [-0.39, 0.29) is 5.48 Å². The van der Waals surface area contributed by atoms with Crippen LogP contribution in [0.3, 0.4) is 0 Å². The highest BCUT2D eigenvalue weighted by Crippen LogP contribution is 2.22. The number of methoxy groups -OCH3 is 2. The molecule has 2 N–H and O–H groups in total. The van der Waals surface area contributed by atoms with Crippen molar-refractivity contribution in [3.63, 3.8) is 0 Å². The smallest absolute Gasteiger partial charge is 0.122 e. The van der Waals surface area contributed by atoms with Crippen LogP contribution < -0.4 is 9.47 Å². The Morgan fingerprint density at radius 1 is 0.824 bits per heavy atom. The average molecular weight is 234 g/mol. The maximum atomic E-state index is 5.13. The van der Waals surface area contributed by atoms with Gasteiger partial charge in [-0.2, -0.15) is 0 Å². The van der Waals surface area contributed by atoms with E-state index in [4.69, 9.17) is 9.47 Å². The van der Waals surface area contributed by atoms with Crippen molar-refractivity contribution in [2.75, 3.05) is 14.2 Å². The van der Waals surface area contributed by atoms with Crippen LogP contribution in [-0.4, -0.2) is 29.7 Å². The molecule has 0 saturated heterocycles. The lowest BCUT2D eigenvalue weighted by molar-refractivity contribution is 0.413. The first kappa shape index (κ1) is 12.9. The molecule has 2 rings (SSSR count). The number of pyridine rings is 2. The van der Waals surface area contributed by atoms with Crippen molar-refractivity contribution >= 4 is 0 Å². The fraction of sp³-hybridized carbons (Fsp3) is 0.167. The van der Waals surface area contributed by atoms with Gasteiger partial charge in [0.2, 0.25) is 0 Å². The Bertz CT molecular complexity index is 443. The van der Waals surface area contributed by atoms with E-state index in [2.05, 4.69) is 9.97 Å². The van der Waals surface area contributed by atoms with E-state index >= 15 is 0 Å². The Morgan fingerprint density at radius 3 is 1.59 bits per heavy atom. The summed E-state index contributed by atoms with van der Waals surface area (Å²) in [5, 5.41) is 0. The SMILES string of the molecule is COc1ccnc(-c2cc(OC)ccn2)c1.O. The molecule has 0 fully saturated rings. The lowest BCUT2D eigenvalue weighted by atomic mass is 10.2. The van der Waals surface area contributed by atoms with Crippen LogP contribution in [0.4, 0.5) is 0 Å². The van der Waals surface area contributed by atoms with Gasteiger partial charge in [0, 0.05) is 24.5 Å². The molecule has 0 aliphatic rings. The van der Waals surface area contributed by atoms with Crippen molar-refractivity contribution in [3.05, 3.63) is 36.7 Å². The van der Waals surface area contributed by atoms with E-state index in [1.54, 1.807) is 38.7 Å². The monoisotopic (exact) mass is 234 g/mol. The Hall–Kier alpha value is -2.14. The Labute approximate surface area is 99.4 Å². The molecule has 0 saturated carbocycles. The Kier molecular flexibility index (Phi) is 4.42. The molecule has 0 bridgehead atoms. The lowest BCUT2D eigenvalue weighted by Crippen LogP contribution is -1.90. The van der Waals surface area contributed by atoms with Crippen molar-refractivity contribution < 1.29 is 14.9 Å². The number of hydrogen-bond acceptors (Lipinski definition) is 4. The molecule has 2 aromatic rings. The van der Waals surface area contributed by atoms with Gasteiger partial charge in [0.05, 0.1) is 25.6 Å². The van der Waals surface area contributed by atoms with Gasteiger partial charge in [0.15, 0.2) is 0 Å². The highest BCUT2D eigenvalue weighted by Gasteiger charge is 2.03. The van der Waals surface area contributed by atoms with Gasteiger partial charge in [-0.1, -0.05) is 0 Å². The van der Waals surface area contributed by atoms with Crippen LogP contribution in [0.25, 0.3) is 11.4 Å². The average Bonchev–Trinajstić information content (AvgIpc) is 2.39. The van der Waals surface area contributed by atoms with Crippen molar-refractivity contribution in [3.8, 4) is 22.9 Å². The maximum Gasteiger partial charge on any atom is 0.122 e. The molecule has 90 valence electrons. The van der Waals surface area contributed by atoms with Gasteiger partial charge >= 0.3 is 0 Å². The molecule has 5 nitrogen and oxygen atoms in total. The molecule has 0 spiro atoms. The Balaban J connectivity index is 0.00000144. The van der Waals surface area contributed by atoms with E-state index in [1.165, 1.54) is 0 Å². The zero-order valence-corrected chi connectivity index (χ0v) is 9.68. The molecular weight excluding hydrogens is 220 g/mol. The summed E-state index contributed by atoms with van der Waals surface area (Å²) in [6.07, 6.45) is 3.38. The normalized spacial score (nSPS) is 9.29. The quantitative estimate of drug-likeness (QED) is 0.803. The minimum atomic E-state index is 0. The summed E-state index contributed by atoms with van der Waals surface area (Å²) >= 11 is 0. The molecule has 0 aliphatic carbocycles. The third kappa shape index (κ3) is 2.92. The highest BCUT2D eigenvalue weighted by molar-refractivity contribution is 5.57. The molecule has 5 heteroatoms. The molecule has 0 amide bonds. The minimum Gasteiger partial charge on any atom is -0.497 e. The molecule has 2 aromatic heterocycles. The van der Waals surface area contributed by atoms with Crippen LogP contribution in [0.1, 0.15) is 0 Å². The van der Waals surface area contributed by atoms with Gasteiger partial charge in [-0.3, -0.25) is 9.97 Å². The van der Waals surface area contributed by atoms with Crippen LogP contribution in [0.2, 0.25) is 0 Å². The van der Waals surface area contributed by atoms with E-state index in [1.807, 2.05) is 12.1 Å². The van der Waals surface area contributed by atoms with Crippen molar-refractivity contribution in [1.29, 1.82) is 0 Å². The summed E-state index contributed by atoms with van der Waals surface area (Å²) < 4.78 is 10.3. The number of nitrogens with zero attached hydrogens (tertiary/aromatic N) is 2. The van der Waals surface area contributed by atoms with Gasteiger partial charge in [-0.05, 0) is 12.1 Å². The lowest BCUT2D eigenvalue weighted by Gasteiger charge is -2.04. The van der Waals surface area contributed by atoms with Crippen molar-refractivity contribution in [2.24, 2.45) is 0 Å². The molecule has 17 heavy (non-hydrogen) atoms. The van der Waals surface area contributed by atoms with Gasteiger partial charge in [0.1, 0.15) is 11.5 Å². The van der Waals surface area contributed by atoms with Crippen LogP contribution in [0.5, 0.6) is 11.5 Å². The van der Waals surface area contributed by atoms with E-state index in [9.17, 15) is 0 Å². The largest absolute Gasteiger partial charge is 0.497 e. The zero-order valence-electron chi connectivity index (χ0n) is 9.68. The maximum absolute atomic E-state index is 5.13. The number of rotatable bonds is 3. The fourth-order valence-electron chi connectivity index (χ4n) is 1.36. The molecule has 0 atom stereocenters. The van der Waals surface area contributed by atoms with E-state index < -0.39 is 0 Å². The summed E-state index contributed by atoms with van der Waals surface area (Å²) in [5.41, 5.74) is 1.52. The predicted octanol–water partition coefficient (Wildman–Crippen LogP) is 1.34. The second kappa shape index (κ2) is 5.81. The summed E-state index contributed by atoms with van der Waals surface area (Å²) in [4.78, 5) is 8.47. The molecule has 0 aliphatic heterocycles. The number of hydrogen-bond donors (Lipinski definition) is 0. The zero-order chi connectivity index (χ0) is 11.4. The van der Waals surface area contributed by atoms with Gasteiger partial charge in [0.25, 0.3) is 0 Å². The molecule has 2 heterocycles. The molecule has 0 aromatic carbocycles. The summed E-state index contributed by atoms with van der Waals surface area (Å²) in [6.45, 7) is 0. The predicted molar refractivity (Wildman–Crippen MR) is 64.2 cm³/mol. The van der Waals surface area contributed by atoms with Crippen molar-refractivity contribution in [2.45, 2.75) is 0 Å². The summed E-state index contributed by atoms with van der Waals surface area (Å²) in [5.74, 6) is 1.52. The van der Waals surface area contributed by atoms with Gasteiger partial charge in [-0.15, -0.1) is 0 Å². The molecule has 0 radical (unpaired) electrons. The van der Waals surface area contributed by atoms with Gasteiger partial charge < -0.3 is 14.9 Å². The van der Waals surface area contributed by atoms with Crippen LogP contribution in [0.15, 0.2) is 36.7 Å². The minimum absolute atomic E-state index is 0. The molecule has 0 unspecified atom stereocenters. The third-order valence-corrected chi connectivity index (χ3v) is 2.20.